The van der Waals surface area contributed by atoms with Crippen LogP contribution < -0.4 is 4.74 Å². The lowest BCUT2D eigenvalue weighted by atomic mass is 10.1. The molecule has 0 bridgehead atoms. The predicted octanol–water partition coefficient (Wildman–Crippen LogP) is 2.98. The molecular weight excluding hydrogens is 269 g/mol. The van der Waals surface area contributed by atoms with Gasteiger partial charge in [0.1, 0.15) is 5.75 Å². The summed E-state index contributed by atoms with van der Waals surface area (Å²) in [5.74, 6) is -0.854. The highest BCUT2D eigenvalue weighted by atomic mass is 32.1. The number of ether oxygens (including phenoxy) is 2. The molecule has 0 aliphatic rings. The number of hydrogen-bond acceptors (Lipinski definition) is 4. The van der Waals surface area contributed by atoms with E-state index in [9.17, 15) is 18.0 Å². The molecule has 7 heteroatoms. The average Bonchev–Trinajstić information content (AvgIpc) is 2.21. The van der Waals surface area contributed by atoms with Crippen LogP contribution in [0.3, 0.4) is 0 Å². The van der Waals surface area contributed by atoms with Crippen molar-refractivity contribution in [1.82, 2.24) is 0 Å². The first-order valence-electron chi connectivity index (χ1n) is 5.05. The van der Waals surface area contributed by atoms with Gasteiger partial charge < -0.3 is 9.47 Å². The van der Waals surface area contributed by atoms with Crippen LogP contribution in [0.5, 0.6) is 5.75 Å². The molecule has 0 radical (unpaired) electrons. The van der Waals surface area contributed by atoms with Crippen molar-refractivity contribution in [3.8, 4) is 5.75 Å². The monoisotopic (exact) mass is 280 g/mol. The first-order chi connectivity index (χ1) is 8.31. The second-order valence-corrected chi connectivity index (χ2v) is 3.81. The molecule has 0 aliphatic carbocycles. The lowest BCUT2D eigenvalue weighted by molar-refractivity contribution is -0.275. The van der Waals surface area contributed by atoms with Gasteiger partial charge in [0, 0.05) is 4.90 Å². The Labute approximate surface area is 107 Å². The number of carbonyl (C=O) groups is 1. The normalized spacial score (nSPS) is 11.2. The fraction of sp³-hybridized carbons (Fsp3) is 0.364. The van der Waals surface area contributed by atoms with Crippen molar-refractivity contribution in [3.05, 3.63) is 23.8 Å². The molecule has 0 fully saturated rings. The van der Waals surface area contributed by atoms with Crippen LogP contribution in [0.4, 0.5) is 13.2 Å². The van der Waals surface area contributed by atoms with E-state index in [1.165, 1.54) is 12.1 Å². The molecule has 0 atom stereocenters. The summed E-state index contributed by atoms with van der Waals surface area (Å²) in [7, 11) is 0. The Morgan fingerprint density at radius 1 is 1.39 bits per heavy atom. The van der Waals surface area contributed by atoms with Gasteiger partial charge in [-0.25, -0.2) is 0 Å². The minimum Gasteiger partial charge on any atom is -0.466 e. The van der Waals surface area contributed by atoms with E-state index in [0.29, 0.717) is 5.56 Å². The standard InChI is InChI=1S/C11H11F3O3S/c1-2-16-10(15)6-7-3-4-8(9(18)5-7)17-11(12,13)14/h3-5,18H,2,6H2,1H3. The molecule has 3 nitrogen and oxygen atoms in total. The van der Waals surface area contributed by atoms with Gasteiger partial charge in [0.25, 0.3) is 0 Å². The summed E-state index contributed by atoms with van der Waals surface area (Å²) in [5, 5.41) is 0. The van der Waals surface area contributed by atoms with Gasteiger partial charge in [-0.3, -0.25) is 4.79 Å². The van der Waals surface area contributed by atoms with Crippen LogP contribution in [0.15, 0.2) is 23.1 Å². The summed E-state index contributed by atoms with van der Waals surface area (Å²) in [4.78, 5) is 11.2. The summed E-state index contributed by atoms with van der Waals surface area (Å²) < 4.78 is 44.5. The van der Waals surface area contributed by atoms with E-state index in [-0.39, 0.29) is 17.9 Å². The highest BCUT2D eigenvalue weighted by molar-refractivity contribution is 7.80. The zero-order valence-electron chi connectivity index (χ0n) is 9.45. The quantitative estimate of drug-likeness (QED) is 0.680. The molecule has 1 aromatic carbocycles. The highest BCUT2D eigenvalue weighted by Crippen LogP contribution is 2.29. The number of carbonyl (C=O) groups excluding carboxylic acids is 1. The van der Waals surface area contributed by atoms with E-state index >= 15 is 0 Å². The number of hydrogen-bond donors (Lipinski definition) is 1. The summed E-state index contributed by atoms with van der Waals surface area (Å²) >= 11 is 3.88. The molecule has 100 valence electrons. The molecule has 0 N–H and O–H groups in total. The zero-order valence-corrected chi connectivity index (χ0v) is 10.3. The van der Waals surface area contributed by atoms with Crippen LogP contribution >= 0.6 is 12.6 Å². The number of rotatable bonds is 4. The molecule has 0 aliphatic heterocycles. The molecule has 18 heavy (non-hydrogen) atoms. The van der Waals surface area contributed by atoms with Crippen LogP contribution in [0, 0.1) is 0 Å². The van der Waals surface area contributed by atoms with Crippen molar-refractivity contribution in [1.29, 1.82) is 0 Å². The average molecular weight is 280 g/mol. The number of halogens is 3. The number of esters is 1. The summed E-state index contributed by atoms with van der Waals surface area (Å²) in [6, 6.07) is 3.81. The lowest BCUT2D eigenvalue weighted by Crippen LogP contribution is -2.17. The molecule has 0 saturated carbocycles. The molecule has 0 unspecified atom stereocenters. The van der Waals surface area contributed by atoms with E-state index in [1.807, 2.05) is 0 Å². The van der Waals surface area contributed by atoms with E-state index in [4.69, 9.17) is 4.74 Å². The Morgan fingerprint density at radius 3 is 2.56 bits per heavy atom. The molecule has 0 spiro atoms. The topological polar surface area (TPSA) is 35.5 Å². The highest BCUT2D eigenvalue weighted by Gasteiger charge is 2.31. The molecule has 1 aromatic rings. The molecule has 0 saturated heterocycles. The summed E-state index contributed by atoms with van der Waals surface area (Å²) in [6.07, 6.45) is -4.78. The third kappa shape index (κ3) is 4.87. The number of alkyl halides is 3. The van der Waals surface area contributed by atoms with Gasteiger partial charge in [-0.15, -0.1) is 25.8 Å². The van der Waals surface area contributed by atoms with Gasteiger partial charge in [0.2, 0.25) is 0 Å². The smallest absolute Gasteiger partial charge is 0.466 e. The second-order valence-electron chi connectivity index (χ2n) is 3.33. The van der Waals surface area contributed by atoms with Crippen molar-refractivity contribution in [2.45, 2.75) is 24.6 Å². The first-order valence-corrected chi connectivity index (χ1v) is 5.50. The molecular formula is C11H11F3O3S. The van der Waals surface area contributed by atoms with Crippen LogP contribution in [0.2, 0.25) is 0 Å². The van der Waals surface area contributed by atoms with E-state index in [0.717, 1.165) is 6.07 Å². The number of benzene rings is 1. The number of thiol groups is 1. The van der Waals surface area contributed by atoms with Gasteiger partial charge in [-0.1, -0.05) is 6.07 Å². The van der Waals surface area contributed by atoms with Crippen molar-refractivity contribution in [3.63, 3.8) is 0 Å². The second kappa shape index (κ2) is 5.99. The maximum absolute atomic E-state index is 12.0. The summed E-state index contributed by atoms with van der Waals surface area (Å²) in [5.41, 5.74) is 0.507. The Kier molecular flexibility index (Phi) is 4.89. The third-order valence-corrected chi connectivity index (χ3v) is 2.25. The van der Waals surface area contributed by atoms with Crippen molar-refractivity contribution >= 4 is 18.6 Å². The van der Waals surface area contributed by atoms with E-state index < -0.39 is 18.1 Å². The largest absolute Gasteiger partial charge is 0.573 e. The fourth-order valence-corrected chi connectivity index (χ4v) is 1.55. The van der Waals surface area contributed by atoms with Crippen LogP contribution in [0.25, 0.3) is 0 Å². The lowest BCUT2D eigenvalue weighted by Gasteiger charge is -2.11. The van der Waals surface area contributed by atoms with Crippen LogP contribution in [-0.4, -0.2) is 18.9 Å². The molecule has 0 aromatic heterocycles. The van der Waals surface area contributed by atoms with E-state index in [2.05, 4.69) is 17.4 Å². The molecule has 1 rings (SSSR count). The Hall–Kier alpha value is -1.37. The minimum atomic E-state index is -4.76. The van der Waals surface area contributed by atoms with Crippen molar-refractivity contribution in [2.24, 2.45) is 0 Å². The maximum atomic E-state index is 12.0. The van der Waals surface area contributed by atoms with Crippen LogP contribution in [-0.2, 0) is 16.0 Å². The van der Waals surface area contributed by atoms with Crippen LogP contribution in [0.1, 0.15) is 12.5 Å². The zero-order chi connectivity index (χ0) is 13.8. The SMILES string of the molecule is CCOC(=O)Cc1ccc(OC(F)(F)F)c(S)c1. The van der Waals surface area contributed by atoms with Gasteiger partial charge in [-0.2, -0.15) is 0 Å². The van der Waals surface area contributed by atoms with Gasteiger partial charge in [-0.05, 0) is 24.6 Å². The predicted molar refractivity (Wildman–Crippen MR) is 60.7 cm³/mol. The fourth-order valence-electron chi connectivity index (χ4n) is 1.26. The Balaban J connectivity index is 2.76. The maximum Gasteiger partial charge on any atom is 0.573 e. The molecule has 0 heterocycles. The van der Waals surface area contributed by atoms with Crippen molar-refractivity contribution < 1.29 is 27.4 Å². The van der Waals surface area contributed by atoms with E-state index in [1.54, 1.807) is 6.92 Å². The minimum absolute atomic E-state index is 0.00845. The van der Waals surface area contributed by atoms with Gasteiger partial charge in [0.15, 0.2) is 0 Å². The van der Waals surface area contributed by atoms with Gasteiger partial charge in [0.05, 0.1) is 13.0 Å². The van der Waals surface area contributed by atoms with Crippen molar-refractivity contribution in [2.75, 3.05) is 6.61 Å². The third-order valence-electron chi connectivity index (χ3n) is 1.90. The van der Waals surface area contributed by atoms with Gasteiger partial charge >= 0.3 is 12.3 Å². The Morgan fingerprint density at radius 2 is 2.06 bits per heavy atom. The first kappa shape index (κ1) is 14.7. The Bertz CT molecular complexity index is 432. The summed E-state index contributed by atoms with van der Waals surface area (Å²) in [6.45, 7) is 1.92. The molecule has 0 amide bonds.